The van der Waals surface area contributed by atoms with Crippen molar-refractivity contribution in [3.05, 3.63) is 63.6 Å². The minimum atomic E-state index is -3.05. The molecule has 1 N–H and O–H groups in total. The highest BCUT2D eigenvalue weighted by Crippen LogP contribution is 2.27. The molecule has 27 heavy (non-hydrogen) atoms. The zero-order valence-electron chi connectivity index (χ0n) is 14.9. The SMILES string of the molecule is CS(=O)(=O)Cc1ccc(CNC(=O)CCCOc2ccc(Cl)cc2Cl)cc1. The number of carbonyl (C=O) groups is 1. The highest BCUT2D eigenvalue weighted by molar-refractivity contribution is 7.89. The molecule has 0 radical (unpaired) electrons. The molecule has 0 aliphatic heterocycles. The Morgan fingerprint density at radius 1 is 1.07 bits per heavy atom. The topological polar surface area (TPSA) is 72.5 Å². The molecule has 2 rings (SSSR count). The van der Waals surface area contributed by atoms with E-state index in [1.165, 1.54) is 6.26 Å². The molecule has 0 bridgehead atoms. The van der Waals surface area contributed by atoms with E-state index in [2.05, 4.69) is 5.32 Å². The van der Waals surface area contributed by atoms with Gasteiger partial charge in [0.2, 0.25) is 5.91 Å². The second-order valence-electron chi connectivity index (χ2n) is 6.19. The lowest BCUT2D eigenvalue weighted by molar-refractivity contribution is -0.121. The summed E-state index contributed by atoms with van der Waals surface area (Å²) in [6, 6.07) is 12.1. The Bertz CT molecular complexity index is 883. The molecule has 0 unspecified atom stereocenters. The smallest absolute Gasteiger partial charge is 0.220 e. The summed E-state index contributed by atoms with van der Waals surface area (Å²) < 4.78 is 28.1. The maximum absolute atomic E-state index is 11.9. The van der Waals surface area contributed by atoms with Gasteiger partial charge in [-0.05, 0) is 35.7 Å². The van der Waals surface area contributed by atoms with Crippen LogP contribution in [0.1, 0.15) is 24.0 Å². The zero-order chi connectivity index (χ0) is 19.9. The normalized spacial score (nSPS) is 11.2. The van der Waals surface area contributed by atoms with E-state index in [1.54, 1.807) is 30.3 Å². The van der Waals surface area contributed by atoms with E-state index in [0.717, 1.165) is 11.1 Å². The van der Waals surface area contributed by atoms with Crippen LogP contribution in [-0.4, -0.2) is 27.2 Å². The van der Waals surface area contributed by atoms with E-state index < -0.39 is 9.84 Å². The fourth-order valence-corrected chi connectivity index (χ4v) is 3.61. The molecule has 0 fully saturated rings. The number of hydrogen-bond donors (Lipinski definition) is 1. The Labute approximate surface area is 169 Å². The summed E-state index contributed by atoms with van der Waals surface area (Å²) in [7, 11) is -3.05. The van der Waals surface area contributed by atoms with Crippen LogP contribution in [0.4, 0.5) is 0 Å². The summed E-state index contributed by atoms with van der Waals surface area (Å²) in [6.45, 7) is 0.761. The van der Waals surface area contributed by atoms with E-state index in [4.69, 9.17) is 27.9 Å². The van der Waals surface area contributed by atoms with E-state index in [-0.39, 0.29) is 11.7 Å². The number of sulfone groups is 1. The highest BCUT2D eigenvalue weighted by Gasteiger charge is 2.06. The van der Waals surface area contributed by atoms with Crippen LogP contribution < -0.4 is 10.1 Å². The van der Waals surface area contributed by atoms with Crippen LogP contribution >= 0.6 is 23.2 Å². The second-order valence-corrected chi connectivity index (χ2v) is 9.17. The van der Waals surface area contributed by atoms with Gasteiger partial charge in [-0.3, -0.25) is 4.79 Å². The average Bonchev–Trinajstić information content (AvgIpc) is 2.58. The molecule has 0 aromatic heterocycles. The molecule has 1 amide bonds. The van der Waals surface area contributed by atoms with E-state index in [1.807, 2.05) is 12.1 Å². The molecular formula is C19H21Cl2NO4S. The predicted octanol–water partition coefficient (Wildman–Crippen LogP) is 4.01. The quantitative estimate of drug-likeness (QED) is 0.611. The van der Waals surface area contributed by atoms with Crippen molar-refractivity contribution < 1.29 is 17.9 Å². The fraction of sp³-hybridized carbons (Fsp3) is 0.316. The Morgan fingerprint density at radius 3 is 2.37 bits per heavy atom. The summed E-state index contributed by atoms with van der Waals surface area (Å²) >= 11 is 11.8. The van der Waals surface area contributed by atoms with Crippen LogP contribution in [0.3, 0.4) is 0 Å². The lowest BCUT2D eigenvalue weighted by Gasteiger charge is -2.09. The molecular weight excluding hydrogens is 409 g/mol. The minimum absolute atomic E-state index is 0.0112. The van der Waals surface area contributed by atoms with Crippen LogP contribution in [0.5, 0.6) is 5.75 Å². The number of hydrogen-bond acceptors (Lipinski definition) is 4. The monoisotopic (exact) mass is 429 g/mol. The molecule has 0 saturated carbocycles. The number of nitrogens with one attached hydrogen (secondary N) is 1. The van der Waals surface area contributed by atoms with Gasteiger partial charge in [0, 0.05) is 24.2 Å². The Balaban J connectivity index is 1.68. The third-order valence-corrected chi connectivity index (χ3v) is 5.03. The number of halogens is 2. The Morgan fingerprint density at radius 2 is 1.74 bits per heavy atom. The van der Waals surface area contributed by atoms with E-state index >= 15 is 0 Å². The van der Waals surface area contributed by atoms with Crippen molar-refractivity contribution in [1.82, 2.24) is 5.32 Å². The number of rotatable bonds is 9. The molecule has 2 aromatic rings. The first-order valence-corrected chi connectivity index (χ1v) is 11.1. The maximum Gasteiger partial charge on any atom is 0.220 e. The summed E-state index contributed by atoms with van der Waals surface area (Å²) in [5.74, 6) is 0.466. The number of benzene rings is 2. The van der Waals surface area contributed by atoms with Gasteiger partial charge in [-0.25, -0.2) is 8.42 Å². The number of carbonyl (C=O) groups excluding carboxylic acids is 1. The molecule has 0 atom stereocenters. The summed E-state index contributed by atoms with van der Waals surface area (Å²) in [5, 5.41) is 3.80. The first-order valence-electron chi connectivity index (χ1n) is 8.33. The molecule has 0 spiro atoms. The van der Waals surface area contributed by atoms with Crippen LogP contribution in [0, 0.1) is 0 Å². The van der Waals surface area contributed by atoms with Gasteiger partial charge in [0.25, 0.3) is 0 Å². The van der Waals surface area contributed by atoms with Crippen molar-refractivity contribution in [3.8, 4) is 5.75 Å². The highest BCUT2D eigenvalue weighted by atomic mass is 35.5. The van der Waals surface area contributed by atoms with Gasteiger partial charge in [0.05, 0.1) is 17.4 Å². The maximum atomic E-state index is 11.9. The molecule has 0 saturated heterocycles. The van der Waals surface area contributed by atoms with Crippen LogP contribution in [0.2, 0.25) is 10.0 Å². The molecule has 5 nitrogen and oxygen atoms in total. The summed E-state index contributed by atoms with van der Waals surface area (Å²) in [4.78, 5) is 11.9. The number of amides is 1. The first kappa shape index (κ1) is 21.5. The predicted molar refractivity (Wildman–Crippen MR) is 108 cm³/mol. The van der Waals surface area contributed by atoms with E-state index in [0.29, 0.717) is 41.8 Å². The molecule has 2 aromatic carbocycles. The molecule has 0 heterocycles. The van der Waals surface area contributed by atoms with Crippen molar-refractivity contribution in [1.29, 1.82) is 0 Å². The molecule has 146 valence electrons. The first-order chi connectivity index (χ1) is 12.7. The third kappa shape index (κ3) is 8.20. The van der Waals surface area contributed by atoms with Crippen LogP contribution in [0.25, 0.3) is 0 Å². The summed E-state index contributed by atoms with van der Waals surface area (Å²) in [5.41, 5.74) is 1.63. The third-order valence-electron chi connectivity index (χ3n) is 3.64. The van der Waals surface area contributed by atoms with Gasteiger partial charge >= 0.3 is 0 Å². The Kier molecular flexibility index (Phi) is 7.95. The second kappa shape index (κ2) is 9.97. The lowest BCUT2D eigenvalue weighted by atomic mass is 10.1. The van der Waals surface area contributed by atoms with Crippen LogP contribution in [0.15, 0.2) is 42.5 Å². The minimum Gasteiger partial charge on any atom is -0.492 e. The van der Waals surface area contributed by atoms with Crippen molar-refractivity contribution in [2.75, 3.05) is 12.9 Å². The Hall–Kier alpha value is -1.76. The van der Waals surface area contributed by atoms with Crippen molar-refractivity contribution >= 4 is 38.9 Å². The van der Waals surface area contributed by atoms with Gasteiger partial charge in [-0.1, -0.05) is 47.5 Å². The molecule has 0 aliphatic carbocycles. The number of ether oxygens (including phenoxy) is 1. The van der Waals surface area contributed by atoms with Crippen molar-refractivity contribution in [2.24, 2.45) is 0 Å². The lowest BCUT2D eigenvalue weighted by Crippen LogP contribution is -2.23. The van der Waals surface area contributed by atoms with Gasteiger partial charge in [0.1, 0.15) is 5.75 Å². The van der Waals surface area contributed by atoms with Gasteiger partial charge < -0.3 is 10.1 Å². The van der Waals surface area contributed by atoms with Gasteiger partial charge in [0.15, 0.2) is 9.84 Å². The fourth-order valence-electron chi connectivity index (χ4n) is 2.35. The molecule has 0 aliphatic rings. The summed E-state index contributed by atoms with van der Waals surface area (Å²) in [6.07, 6.45) is 2.08. The van der Waals surface area contributed by atoms with Gasteiger partial charge in [-0.2, -0.15) is 0 Å². The van der Waals surface area contributed by atoms with E-state index in [9.17, 15) is 13.2 Å². The average molecular weight is 430 g/mol. The standard InChI is InChI=1S/C19H21Cl2NO4S/c1-27(24,25)13-15-6-4-14(5-7-15)12-22-19(23)3-2-10-26-18-9-8-16(20)11-17(18)21/h4-9,11H,2-3,10,12-13H2,1H3,(H,22,23). The van der Waals surface area contributed by atoms with Crippen molar-refractivity contribution in [2.45, 2.75) is 25.1 Å². The van der Waals surface area contributed by atoms with Gasteiger partial charge in [-0.15, -0.1) is 0 Å². The largest absolute Gasteiger partial charge is 0.492 e. The van der Waals surface area contributed by atoms with Crippen molar-refractivity contribution in [3.63, 3.8) is 0 Å². The zero-order valence-corrected chi connectivity index (χ0v) is 17.2. The molecule has 8 heteroatoms. The van der Waals surface area contributed by atoms with Crippen LogP contribution in [-0.2, 0) is 26.9 Å².